The maximum Gasteiger partial charge on any atom is 0.324 e. The summed E-state index contributed by atoms with van der Waals surface area (Å²) in [5.41, 5.74) is 0.150. The molecule has 4 nitrogen and oxygen atoms in total. The molecule has 0 saturated carbocycles. The highest BCUT2D eigenvalue weighted by Crippen LogP contribution is 2.42. The number of ether oxygens (including phenoxy) is 1. The van der Waals surface area contributed by atoms with E-state index in [0.29, 0.717) is 12.2 Å². The molecule has 1 aliphatic rings. The third kappa shape index (κ3) is 1.75. The van der Waals surface area contributed by atoms with Crippen molar-refractivity contribution in [2.45, 2.75) is 31.3 Å². The number of hydrogen-bond acceptors (Lipinski definition) is 3. The Labute approximate surface area is 111 Å². The molecule has 0 radical (unpaired) electrons. The van der Waals surface area contributed by atoms with Gasteiger partial charge in [-0.25, -0.2) is 4.98 Å². The predicted molar refractivity (Wildman–Crippen MR) is 70.6 cm³/mol. The number of cyclic esters (lactones) is 1. The molecule has 1 N–H and O–H groups in total. The van der Waals surface area contributed by atoms with Crippen molar-refractivity contribution in [2.75, 3.05) is 0 Å². The van der Waals surface area contributed by atoms with E-state index in [2.05, 4.69) is 9.97 Å². The molecule has 2 aromatic rings. The minimum absolute atomic E-state index is 0.0437. The third-order valence-electron chi connectivity index (χ3n) is 3.78. The van der Waals surface area contributed by atoms with Gasteiger partial charge in [0.05, 0.1) is 0 Å². The van der Waals surface area contributed by atoms with Crippen LogP contribution < -0.4 is 0 Å². The monoisotopic (exact) mass is 256 g/mol. The molecule has 2 atom stereocenters. The summed E-state index contributed by atoms with van der Waals surface area (Å²) in [5, 5.41) is 0. The predicted octanol–water partition coefficient (Wildman–Crippen LogP) is 2.42. The minimum atomic E-state index is -0.786. The molecule has 98 valence electrons. The van der Waals surface area contributed by atoms with Crippen molar-refractivity contribution in [2.24, 2.45) is 0 Å². The van der Waals surface area contributed by atoms with E-state index in [4.69, 9.17) is 4.74 Å². The molecule has 1 aromatic carbocycles. The zero-order valence-corrected chi connectivity index (χ0v) is 10.8. The quantitative estimate of drug-likeness (QED) is 0.858. The Morgan fingerprint density at radius 3 is 2.79 bits per heavy atom. The largest absolute Gasteiger partial charge is 0.461 e. The van der Waals surface area contributed by atoms with E-state index >= 15 is 0 Å². The smallest absolute Gasteiger partial charge is 0.324 e. The first-order valence-corrected chi connectivity index (χ1v) is 6.54. The zero-order valence-electron chi connectivity index (χ0n) is 10.8. The van der Waals surface area contributed by atoms with E-state index in [1.165, 1.54) is 0 Å². The number of carbonyl (C=O) groups is 1. The van der Waals surface area contributed by atoms with Crippen LogP contribution in [0.25, 0.3) is 0 Å². The van der Waals surface area contributed by atoms with Gasteiger partial charge in [-0.1, -0.05) is 37.3 Å². The molecule has 0 aliphatic carbocycles. The fourth-order valence-electron chi connectivity index (χ4n) is 2.73. The summed E-state index contributed by atoms with van der Waals surface area (Å²) in [6, 6.07) is 9.74. The molecule has 1 aliphatic heterocycles. The van der Waals surface area contributed by atoms with Crippen LogP contribution >= 0.6 is 0 Å². The van der Waals surface area contributed by atoms with Gasteiger partial charge in [0, 0.05) is 18.8 Å². The summed E-state index contributed by atoms with van der Waals surface area (Å²) >= 11 is 0. The lowest BCUT2D eigenvalue weighted by molar-refractivity contribution is -0.144. The van der Waals surface area contributed by atoms with Crippen LogP contribution in [0.4, 0.5) is 0 Å². The molecule has 1 saturated heterocycles. The molecule has 2 heterocycles. The van der Waals surface area contributed by atoms with Crippen molar-refractivity contribution in [3.63, 3.8) is 0 Å². The summed E-state index contributed by atoms with van der Waals surface area (Å²) in [7, 11) is 0. The van der Waals surface area contributed by atoms with Gasteiger partial charge < -0.3 is 9.72 Å². The second-order valence-corrected chi connectivity index (χ2v) is 4.85. The summed E-state index contributed by atoms with van der Waals surface area (Å²) in [6.45, 7) is 2.03. The highest BCUT2D eigenvalue weighted by Gasteiger charge is 2.53. The summed E-state index contributed by atoms with van der Waals surface area (Å²) in [6.07, 6.45) is 4.83. The van der Waals surface area contributed by atoms with Crippen molar-refractivity contribution in [3.05, 3.63) is 54.1 Å². The first kappa shape index (κ1) is 12.0. The van der Waals surface area contributed by atoms with Crippen molar-refractivity contribution in [1.82, 2.24) is 9.97 Å². The van der Waals surface area contributed by atoms with Gasteiger partial charge in [0.25, 0.3) is 0 Å². The van der Waals surface area contributed by atoms with Crippen LogP contribution in [0.2, 0.25) is 0 Å². The number of aromatic nitrogens is 2. The number of esters is 1. The van der Waals surface area contributed by atoms with Gasteiger partial charge in [0.2, 0.25) is 0 Å². The first-order chi connectivity index (χ1) is 9.27. The molecular formula is C15H16N2O2. The van der Waals surface area contributed by atoms with Crippen LogP contribution in [-0.4, -0.2) is 22.0 Å². The number of carbonyl (C=O) groups excluding carboxylic acids is 1. The first-order valence-electron chi connectivity index (χ1n) is 6.54. The number of nitrogens with zero attached hydrogens (tertiary/aromatic N) is 1. The Balaban J connectivity index is 2.15. The van der Waals surface area contributed by atoms with Gasteiger partial charge in [0.1, 0.15) is 11.9 Å². The van der Waals surface area contributed by atoms with E-state index < -0.39 is 5.41 Å². The highest BCUT2D eigenvalue weighted by atomic mass is 16.6. The third-order valence-corrected chi connectivity index (χ3v) is 3.78. The lowest BCUT2D eigenvalue weighted by Gasteiger charge is -2.23. The van der Waals surface area contributed by atoms with Gasteiger partial charge in [-0.15, -0.1) is 0 Å². The van der Waals surface area contributed by atoms with Crippen LogP contribution in [-0.2, 0) is 14.9 Å². The topological polar surface area (TPSA) is 55.0 Å². The highest BCUT2D eigenvalue weighted by molar-refractivity contribution is 5.88. The van der Waals surface area contributed by atoms with E-state index in [1.54, 1.807) is 12.4 Å². The number of nitrogens with one attached hydrogen (secondary N) is 1. The van der Waals surface area contributed by atoms with Gasteiger partial charge in [-0.2, -0.15) is 0 Å². The van der Waals surface area contributed by atoms with Crippen LogP contribution in [0.3, 0.4) is 0 Å². The van der Waals surface area contributed by atoms with Gasteiger partial charge >= 0.3 is 5.97 Å². The average molecular weight is 256 g/mol. The Kier molecular flexibility index (Phi) is 2.85. The van der Waals surface area contributed by atoms with Crippen molar-refractivity contribution in [3.8, 4) is 0 Å². The standard InChI is InChI=1S/C15H16N2O2/c1-2-12-10-15(14(18)19-12,13-16-8-9-17-13)11-6-4-3-5-7-11/h3-9,12H,2,10H2,1H3,(H,16,17). The van der Waals surface area contributed by atoms with Crippen molar-refractivity contribution >= 4 is 5.97 Å². The molecule has 0 spiro atoms. The maximum absolute atomic E-state index is 12.5. The fraction of sp³-hybridized carbons (Fsp3) is 0.333. The Morgan fingerprint density at radius 2 is 2.21 bits per heavy atom. The number of rotatable bonds is 3. The van der Waals surface area contributed by atoms with Crippen LogP contribution in [0.1, 0.15) is 31.2 Å². The van der Waals surface area contributed by atoms with Crippen LogP contribution in [0, 0.1) is 0 Å². The van der Waals surface area contributed by atoms with Gasteiger partial charge in [0.15, 0.2) is 5.41 Å². The van der Waals surface area contributed by atoms with E-state index in [0.717, 1.165) is 12.0 Å². The molecule has 1 fully saturated rings. The molecule has 1 aromatic heterocycles. The molecule has 4 heteroatoms. The number of aromatic amines is 1. The van der Waals surface area contributed by atoms with Crippen molar-refractivity contribution < 1.29 is 9.53 Å². The average Bonchev–Trinajstić information content (AvgIpc) is 3.08. The molecule has 0 bridgehead atoms. The number of hydrogen-bond donors (Lipinski definition) is 1. The number of benzene rings is 1. The van der Waals surface area contributed by atoms with E-state index in [1.807, 2.05) is 37.3 Å². The lowest BCUT2D eigenvalue weighted by atomic mass is 9.77. The second kappa shape index (κ2) is 4.53. The molecular weight excluding hydrogens is 240 g/mol. The summed E-state index contributed by atoms with van der Waals surface area (Å²) in [4.78, 5) is 19.9. The number of H-pyrrole nitrogens is 1. The second-order valence-electron chi connectivity index (χ2n) is 4.85. The normalized spacial score (nSPS) is 26.4. The fourth-order valence-corrected chi connectivity index (χ4v) is 2.73. The van der Waals surface area contributed by atoms with E-state index in [-0.39, 0.29) is 12.1 Å². The Hall–Kier alpha value is -2.10. The minimum Gasteiger partial charge on any atom is -0.461 e. The lowest BCUT2D eigenvalue weighted by Crippen LogP contribution is -2.34. The maximum atomic E-state index is 12.5. The summed E-state index contributed by atoms with van der Waals surface area (Å²) < 4.78 is 5.51. The number of imidazole rings is 1. The van der Waals surface area contributed by atoms with Gasteiger partial charge in [-0.3, -0.25) is 4.79 Å². The molecule has 0 amide bonds. The van der Waals surface area contributed by atoms with E-state index in [9.17, 15) is 4.79 Å². The Morgan fingerprint density at radius 1 is 1.42 bits per heavy atom. The zero-order chi connectivity index (χ0) is 13.3. The Bertz CT molecular complexity index is 565. The molecule has 19 heavy (non-hydrogen) atoms. The van der Waals surface area contributed by atoms with Crippen molar-refractivity contribution in [1.29, 1.82) is 0 Å². The summed E-state index contributed by atoms with van der Waals surface area (Å²) in [5.74, 6) is 0.458. The van der Waals surface area contributed by atoms with Crippen LogP contribution in [0.5, 0.6) is 0 Å². The van der Waals surface area contributed by atoms with Crippen LogP contribution in [0.15, 0.2) is 42.7 Å². The molecule has 3 rings (SSSR count). The SMILES string of the molecule is CCC1CC(c2ccccc2)(c2ncc[nH]2)C(=O)O1. The van der Waals surface area contributed by atoms with Gasteiger partial charge in [-0.05, 0) is 12.0 Å². The molecule has 2 unspecified atom stereocenters.